The van der Waals surface area contributed by atoms with E-state index in [1.807, 2.05) is 7.05 Å². The largest absolute Gasteiger partial charge is 0.373 e. The van der Waals surface area contributed by atoms with E-state index in [1.165, 1.54) is 25.7 Å². The van der Waals surface area contributed by atoms with Crippen molar-refractivity contribution in [3.05, 3.63) is 11.4 Å². The third-order valence-electron chi connectivity index (χ3n) is 4.85. The van der Waals surface area contributed by atoms with Crippen LogP contribution in [-0.2, 0) is 5.41 Å². The van der Waals surface area contributed by atoms with Gasteiger partial charge < -0.3 is 10.6 Å². The monoisotopic (exact) mass is 290 g/mol. The molecule has 0 saturated heterocycles. The lowest BCUT2D eigenvalue weighted by atomic mass is 9.67. The molecule has 0 amide bonds. The summed E-state index contributed by atoms with van der Waals surface area (Å²) in [5.41, 5.74) is 1.55. The first-order chi connectivity index (χ1) is 9.81. The van der Waals surface area contributed by atoms with Crippen molar-refractivity contribution in [3.8, 4) is 0 Å². The van der Waals surface area contributed by atoms with E-state index < -0.39 is 0 Å². The summed E-state index contributed by atoms with van der Waals surface area (Å²) in [6.07, 6.45) is 5.29. The second-order valence-electron chi connectivity index (χ2n) is 7.43. The lowest BCUT2D eigenvalue weighted by Gasteiger charge is -2.41. The second-order valence-corrected chi connectivity index (χ2v) is 7.43. The van der Waals surface area contributed by atoms with E-state index in [0.29, 0.717) is 5.41 Å². The molecule has 21 heavy (non-hydrogen) atoms. The molecule has 0 bridgehead atoms. The molecule has 1 heterocycles. The summed E-state index contributed by atoms with van der Waals surface area (Å²) in [4.78, 5) is 9.44. The molecule has 1 saturated carbocycles. The fourth-order valence-electron chi connectivity index (χ4n) is 2.87. The molecule has 1 aromatic rings. The Morgan fingerprint density at radius 1 is 1.14 bits per heavy atom. The molecule has 0 aliphatic heterocycles. The van der Waals surface area contributed by atoms with Crippen molar-refractivity contribution in [2.75, 3.05) is 24.2 Å². The molecule has 118 valence electrons. The highest BCUT2D eigenvalue weighted by Gasteiger charge is 2.35. The smallest absolute Gasteiger partial charge is 0.138 e. The van der Waals surface area contributed by atoms with Crippen LogP contribution in [-0.4, -0.2) is 23.6 Å². The van der Waals surface area contributed by atoms with Gasteiger partial charge in [-0.15, -0.1) is 0 Å². The second kappa shape index (κ2) is 5.82. The zero-order valence-electron chi connectivity index (χ0n) is 14.4. The molecule has 0 spiro atoms. The minimum Gasteiger partial charge on any atom is -0.373 e. The lowest BCUT2D eigenvalue weighted by Crippen LogP contribution is -2.36. The van der Waals surface area contributed by atoms with Crippen molar-refractivity contribution in [1.82, 2.24) is 9.97 Å². The Morgan fingerprint density at radius 2 is 1.76 bits per heavy atom. The summed E-state index contributed by atoms with van der Waals surface area (Å²) in [5.74, 6) is 2.80. The van der Waals surface area contributed by atoms with Gasteiger partial charge in [0.25, 0.3) is 0 Å². The average molecular weight is 290 g/mol. The van der Waals surface area contributed by atoms with Crippen LogP contribution < -0.4 is 10.6 Å². The molecular weight excluding hydrogens is 260 g/mol. The maximum absolute atomic E-state index is 4.79. The topological polar surface area (TPSA) is 49.8 Å². The lowest BCUT2D eigenvalue weighted by molar-refractivity contribution is 0.145. The van der Waals surface area contributed by atoms with Gasteiger partial charge in [0.15, 0.2) is 0 Å². The number of anilines is 2. The van der Waals surface area contributed by atoms with Gasteiger partial charge in [-0.3, -0.25) is 0 Å². The zero-order valence-corrected chi connectivity index (χ0v) is 14.4. The average Bonchev–Trinajstić information content (AvgIpc) is 2.38. The Labute approximate surface area is 129 Å². The molecule has 4 nitrogen and oxygen atoms in total. The van der Waals surface area contributed by atoms with Crippen LogP contribution in [0.1, 0.15) is 64.8 Å². The number of hydrogen-bond acceptors (Lipinski definition) is 4. The van der Waals surface area contributed by atoms with Gasteiger partial charge in [0.2, 0.25) is 0 Å². The van der Waals surface area contributed by atoms with Crippen molar-refractivity contribution in [3.63, 3.8) is 0 Å². The third-order valence-corrected chi connectivity index (χ3v) is 4.85. The van der Waals surface area contributed by atoms with Gasteiger partial charge in [-0.05, 0) is 31.6 Å². The maximum Gasteiger partial charge on any atom is 0.138 e. The standard InChI is InChI=1S/C17H30N4/c1-7-17(9-8-10-17)11-19-14-12(2)13(18-6)20-15(21-14)16(3,4)5/h7-11H2,1-6H3,(H2,18,19,20,21). The number of rotatable bonds is 5. The predicted octanol–water partition coefficient (Wildman–Crippen LogP) is 4.12. The SMILES string of the molecule is CCC1(CNc2nc(C(C)(C)C)nc(NC)c2C)CCC1. The van der Waals surface area contributed by atoms with Gasteiger partial charge in [-0.25, -0.2) is 9.97 Å². The van der Waals surface area contributed by atoms with Crippen LogP contribution in [0.4, 0.5) is 11.6 Å². The van der Waals surface area contributed by atoms with E-state index in [2.05, 4.69) is 50.2 Å². The van der Waals surface area contributed by atoms with E-state index in [4.69, 9.17) is 4.98 Å². The van der Waals surface area contributed by atoms with Crippen molar-refractivity contribution < 1.29 is 0 Å². The van der Waals surface area contributed by atoms with Crippen LogP contribution in [0.2, 0.25) is 0 Å². The van der Waals surface area contributed by atoms with E-state index in [9.17, 15) is 0 Å². The Kier molecular flexibility index (Phi) is 4.45. The number of hydrogen-bond donors (Lipinski definition) is 2. The van der Waals surface area contributed by atoms with Crippen LogP contribution in [0.5, 0.6) is 0 Å². The van der Waals surface area contributed by atoms with E-state index in [-0.39, 0.29) is 5.41 Å². The fraction of sp³-hybridized carbons (Fsp3) is 0.765. The molecule has 1 aliphatic carbocycles. The molecule has 2 N–H and O–H groups in total. The molecular formula is C17H30N4. The van der Waals surface area contributed by atoms with Gasteiger partial charge in [0.05, 0.1) is 0 Å². The van der Waals surface area contributed by atoms with Gasteiger partial charge in [0, 0.05) is 24.6 Å². The molecule has 1 aromatic heterocycles. The van der Waals surface area contributed by atoms with E-state index in [0.717, 1.165) is 29.6 Å². The highest BCUT2D eigenvalue weighted by atomic mass is 15.1. The van der Waals surface area contributed by atoms with Crippen LogP contribution in [0.25, 0.3) is 0 Å². The van der Waals surface area contributed by atoms with Crippen molar-refractivity contribution in [2.24, 2.45) is 5.41 Å². The first-order valence-corrected chi connectivity index (χ1v) is 8.12. The maximum atomic E-state index is 4.79. The minimum absolute atomic E-state index is 0.0470. The molecule has 0 atom stereocenters. The normalized spacial score (nSPS) is 17.2. The summed E-state index contributed by atoms with van der Waals surface area (Å²) in [5, 5.41) is 6.80. The summed E-state index contributed by atoms with van der Waals surface area (Å²) in [7, 11) is 1.92. The van der Waals surface area contributed by atoms with Crippen LogP contribution in [0.3, 0.4) is 0 Å². The molecule has 4 heteroatoms. The highest BCUT2D eigenvalue weighted by molar-refractivity contribution is 5.57. The molecule has 1 fully saturated rings. The van der Waals surface area contributed by atoms with Crippen LogP contribution in [0, 0.1) is 12.3 Å². The predicted molar refractivity (Wildman–Crippen MR) is 90.1 cm³/mol. The summed E-state index contributed by atoms with van der Waals surface area (Å²) < 4.78 is 0. The van der Waals surface area contributed by atoms with Crippen molar-refractivity contribution >= 4 is 11.6 Å². The summed E-state index contributed by atoms with van der Waals surface area (Å²) in [6.45, 7) is 11.9. The van der Waals surface area contributed by atoms with Crippen molar-refractivity contribution in [2.45, 2.75) is 65.7 Å². The minimum atomic E-state index is -0.0470. The number of nitrogens with zero attached hydrogens (tertiary/aromatic N) is 2. The van der Waals surface area contributed by atoms with Gasteiger partial charge in [0.1, 0.15) is 17.5 Å². The zero-order chi connectivity index (χ0) is 15.7. The number of nitrogens with one attached hydrogen (secondary N) is 2. The first-order valence-electron chi connectivity index (χ1n) is 8.12. The van der Waals surface area contributed by atoms with Gasteiger partial charge in [-0.1, -0.05) is 34.1 Å². The Morgan fingerprint density at radius 3 is 2.19 bits per heavy atom. The number of aromatic nitrogens is 2. The Hall–Kier alpha value is -1.32. The summed E-state index contributed by atoms with van der Waals surface area (Å²) >= 11 is 0. The highest BCUT2D eigenvalue weighted by Crippen LogP contribution is 2.43. The molecule has 0 radical (unpaired) electrons. The Bertz CT molecular complexity index is 493. The molecule has 0 unspecified atom stereocenters. The van der Waals surface area contributed by atoms with E-state index >= 15 is 0 Å². The van der Waals surface area contributed by atoms with Crippen molar-refractivity contribution in [1.29, 1.82) is 0 Å². The fourth-order valence-corrected chi connectivity index (χ4v) is 2.87. The van der Waals surface area contributed by atoms with Gasteiger partial charge in [-0.2, -0.15) is 0 Å². The van der Waals surface area contributed by atoms with Crippen LogP contribution in [0.15, 0.2) is 0 Å². The third kappa shape index (κ3) is 3.30. The quantitative estimate of drug-likeness (QED) is 0.856. The van der Waals surface area contributed by atoms with Crippen LogP contribution >= 0.6 is 0 Å². The molecule has 1 aliphatic rings. The Balaban J connectivity index is 2.25. The molecule has 2 rings (SSSR count). The molecule has 0 aromatic carbocycles. The van der Waals surface area contributed by atoms with E-state index in [1.54, 1.807) is 0 Å². The van der Waals surface area contributed by atoms with Gasteiger partial charge >= 0.3 is 0 Å². The summed E-state index contributed by atoms with van der Waals surface area (Å²) in [6, 6.07) is 0. The first kappa shape index (κ1) is 16.1.